The first-order chi connectivity index (χ1) is 13.3. The van der Waals surface area contributed by atoms with E-state index in [0.29, 0.717) is 28.4 Å². The fourth-order valence-electron chi connectivity index (χ4n) is 3.60. The number of aromatic nitrogens is 2. The van der Waals surface area contributed by atoms with Gasteiger partial charge in [0.1, 0.15) is 11.4 Å². The second-order valence-corrected chi connectivity index (χ2v) is 6.92. The molecule has 2 aromatic carbocycles. The smallest absolute Gasteiger partial charge is 0.416 e. The number of nitrogens with one attached hydrogen (secondary N) is 1. The first kappa shape index (κ1) is 18.5. The third-order valence-corrected chi connectivity index (χ3v) is 5.07. The Hall–Kier alpha value is -2.87. The zero-order valence-electron chi connectivity index (χ0n) is 14.7. The Morgan fingerprint density at radius 2 is 1.75 bits per heavy atom. The first-order valence-electron chi connectivity index (χ1n) is 8.95. The van der Waals surface area contributed by atoms with Crippen molar-refractivity contribution >= 4 is 16.6 Å². The van der Waals surface area contributed by atoms with Gasteiger partial charge in [-0.3, -0.25) is 0 Å². The Balaban J connectivity index is 1.78. The van der Waals surface area contributed by atoms with Gasteiger partial charge in [0.05, 0.1) is 17.7 Å². The van der Waals surface area contributed by atoms with Crippen LogP contribution in [0.25, 0.3) is 22.0 Å². The van der Waals surface area contributed by atoms with Crippen molar-refractivity contribution in [2.45, 2.75) is 37.6 Å². The molecule has 146 valence electrons. The van der Waals surface area contributed by atoms with Gasteiger partial charge in [-0.2, -0.15) is 13.2 Å². The van der Waals surface area contributed by atoms with Crippen molar-refractivity contribution in [2.24, 2.45) is 0 Å². The Morgan fingerprint density at radius 1 is 1.00 bits per heavy atom. The van der Waals surface area contributed by atoms with Crippen LogP contribution in [-0.4, -0.2) is 32.6 Å². The lowest BCUT2D eigenvalue weighted by atomic mass is 10.0. The molecule has 0 spiro atoms. The summed E-state index contributed by atoms with van der Waals surface area (Å²) in [4.78, 5) is 0. The largest absolute Gasteiger partial charge is 0.507 e. The van der Waals surface area contributed by atoms with E-state index in [1.807, 2.05) is 12.1 Å². The summed E-state index contributed by atoms with van der Waals surface area (Å²) >= 11 is 0. The maximum absolute atomic E-state index is 12.9. The number of hydrogen-bond donors (Lipinski definition) is 3. The van der Waals surface area contributed by atoms with E-state index in [9.17, 15) is 23.4 Å². The van der Waals surface area contributed by atoms with Gasteiger partial charge in [0.2, 0.25) is 0 Å². The number of nitrogens with zero attached hydrogens (tertiary/aromatic N) is 2. The van der Waals surface area contributed by atoms with Gasteiger partial charge >= 0.3 is 6.18 Å². The highest BCUT2D eigenvalue weighted by molar-refractivity contribution is 6.00. The lowest BCUT2D eigenvalue weighted by Crippen LogP contribution is -2.28. The monoisotopic (exact) mass is 389 g/mol. The third-order valence-electron chi connectivity index (χ3n) is 5.07. The fourth-order valence-corrected chi connectivity index (χ4v) is 3.60. The lowest BCUT2D eigenvalue weighted by Gasteiger charge is -2.19. The van der Waals surface area contributed by atoms with Gasteiger partial charge in [-0.25, -0.2) is 0 Å². The average Bonchev–Trinajstić information content (AvgIpc) is 3.06. The third kappa shape index (κ3) is 3.35. The lowest BCUT2D eigenvalue weighted by molar-refractivity contribution is -0.137. The van der Waals surface area contributed by atoms with E-state index in [1.165, 1.54) is 6.07 Å². The standard InChI is InChI=1S/C20H18F3N3O2/c21-20(22,23)11-8-9-14(17(28)10-11)18-12-4-1-2-5-13(12)19(26-25-18)24-15-6-3-7-16(15)27/h1-2,4-5,8-10,15-16,27-28H,3,6-7H2,(H,24,26)/t15-,16-/m1/s1. The van der Waals surface area contributed by atoms with E-state index in [0.717, 1.165) is 25.3 Å². The van der Waals surface area contributed by atoms with E-state index in [2.05, 4.69) is 15.5 Å². The number of aromatic hydroxyl groups is 1. The van der Waals surface area contributed by atoms with Crippen LogP contribution in [0.4, 0.5) is 19.0 Å². The first-order valence-corrected chi connectivity index (χ1v) is 8.95. The number of rotatable bonds is 3. The number of aliphatic hydroxyl groups excluding tert-OH is 1. The van der Waals surface area contributed by atoms with Crippen LogP contribution in [0.15, 0.2) is 42.5 Å². The quantitative estimate of drug-likeness (QED) is 0.621. The molecule has 0 radical (unpaired) electrons. The zero-order valence-corrected chi connectivity index (χ0v) is 14.7. The number of anilines is 1. The van der Waals surface area contributed by atoms with E-state index in [1.54, 1.807) is 12.1 Å². The summed E-state index contributed by atoms with van der Waals surface area (Å²) in [5, 5.41) is 33.2. The van der Waals surface area contributed by atoms with E-state index >= 15 is 0 Å². The Labute approximate surface area is 158 Å². The Morgan fingerprint density at radius 3 is 2.39 bits per heavy atom. The molecular weight excluding hydrogens is 371 g/mol. The molecule has 3 N–H and O–H groups in total. The average molecular weight is 389 g/mol. The summed E-state index contributed by atoms with van der Waals surface area (Å²) in [5.41, 5.74) is -0.469. The van der Waals surface area contributed by atoms with Crippen LogP contribution in [-0.2, 0) is 6.18 Å². The molecule has 1 heterocycles. The zero-order chi connectivity index (χ0) is 19.9. The van der Waals surface area contributed by atoms with Crippen molar-refractivity contribution in [3.8, 4) is 17.0 Å². The summed E-state index contributed by atoms with van der Waals surface area (Å²) in [6, 6.07) is 9.86. The van der Waals surface area contributed by atoms with Gasteiger partial charge in [-0.1, -0.05) is 24.3 Å². The molecule has 0 aliphatic heterocycles. The topological polar surface area (TPSA) is 78.3 Å². The molecule has 1 fully saturated rings. The summed E-state index contributed by atoms with van der Waals surface area (Å²) in [6.45, 7) is 0. The van der Waals surface area contributed by atoms with E-state index in [4.69, 9.17) is 0 Å². The summed E-state index contributed by atoms with van der Waals surface area (Å²) in [5.74, 6) is -0.0158. The van der Waals surface area contributed by atoms with Crippen molar-refractivity contribution in [3.63, 3.8) is 0 Å². The van der Waals surface area contributed by atoms with E-state index < -0.39 is 23.6 Å². The summed E-state index contributed by atoms with van der Waals surface area (Å²) in [6.07, 6.45) is -2.54. The molecule has 8 heteroatoms. The maximum atomic E-state index is 12.9. The molecule has 3 aromatic rings. The number of phenolic OH excluding ortho intramolecular Hbond substituents is 1. The Kier molecular flexibility index (Phi) is 4.58. The number of fused-ring (bicyclic) bond motifs is 1. The van der Waals surface area contributed by atoms with Crippen LogP contribution in [0.3, 0.4) is 0 Å². The second kappa shape index (κ2) is 6.94. The van der Waals surface area contributed by atoms with Gasteiger partial charge in [-0.05, 0) is 37.5 Å². The number of aliphatic hydroxyl groups is 1. The summed E-state index contributed by atoms with van der Waals surface area (Å²) < 4.78 is 38.6. The molecule has 4 rings (SSSR count). The number of alkyl halides is 3. The van der Waals surface area contributed by atoms with Crippen molar-refractivity contribution < 1.29 is 23.4 Å². The number of benzene rings is 2. The molecule has 0 bridgehead atoms. The molecule has 2 atom stereocenters. The number of phenols is 1. The van der Waals surface area contributed by atoms with Crippen molar-refractivity contribution in [1.29, 1.82) is 0 Å². The van der Waals surface area contributed by atoms with Crippen LogP contribution in [0.2, 0.25) is 0 Å². The normalized spacial score (nSPS) is 19.9. The molecule has 1 saturated carbocycles. The molecule has 0 unspecified atom stereocenters. The minimum atomic E-state index is -4.54. The molecule has 0 saturated heterocycles. The minimum absolute atomic E-state index is 0.122. The molecule has 0 amide bonds. The molecule has 1 aromatic heterocycles. The molecule has 1 aliphatic rings. The number of halogens is 3. The predicted molar refractivity (Wildman–Crippen MR) is 98.9 cm³/mol. The SMILES string of the molecule is Oc1cc(C(F)(F)F)ccc1-c1nnc(N[C@@H]2CCC[C@H]2O)c2ccccc12. The van der Waals surface area contributed by atoms with E-state index in [-0.39, 0.29) is 11.6 Å². The summed E-state index contributed by atoms with van der Waals surface area (Å²) in [7, 11) is 0. The van der Waals surface area contributed by atoms with Crippen molar-refractivity contribution in [1.82, 2.24) is 10.2 Å². The fraction of sp³-hybridized carbons (Fsp3) is 0.300. The maximum Gasteiger partial charge on any atom is 0.416 e. The predicted octanol–water partition coefficient (Wildman–Crippen LogP) is 4.35. The molecular formula is C20H18F3N3O2. The van der Waals surface area contributed by atoms with Gasteiger partial charge in [0, 0.05) is 16.3 Å². The molecule has 1 aliphatic carbocycles. The highest BCUT2D eigenvalue weighted by Crippen LogP contribution is 2.39. The highest BCUT2D eigenvalue weighted by atomic mass is 19.4. The van der Waals surface area contributed by atoms with Gasteiger partial charge in [0.25, 0.3) is 0 Å². The number of hydrogen-bond acceptors (Lipinski definition) is 5. The van der Waals surface area contributed by atoms with Crippen LogP contribution in [0.1, 0.15) is 24.8 Å². The minimum Gasteiger partial charge on any atom is -0.507 e. The Bertz CT molecular complexity index is 1020. The van der Waals surface area contributed by atoms with Gasteiger partial charge in [0.15, 0.2) is 5.82 Å². The van der Waals surface area contributed by atoms with Crippen LogP contribution < -0.4 is 5.32 Å². The van der Waals surface area contributed by atoms with Crippen molar-refractivity contribution in [3.05, 3.63) is 48.0 Å². The molecule has 28 heavy (non-hydrogen) atoms. The second-order valence-electron chi connectivity index (χ2n) is 6.92. The van der Waals surface area contributed by atoms with Gasteiger partial charge in [-0.15, -0.1) is 10.2 Å². The van der Waals surface area contributed by atoms with Crippen LogP contribution in [0, 0.1) is 0 Å². The highest BCUT2D eigenvalue weighted by Gasteiger charge is 2.31. The van der Waals surface area contributed by atoms with Crippen LogP contribution in [0.5, 0.6) is 5.75 Å². The molecule has 5 nitrogen and oxygen atoms in total. The van der Waals surface area contributed by atoms with Crippen molar-refractivity contribution in [2.75, 3.05) is 5.32 Å². The van der Waals surface area contributed by atoms with Gasteiger partial charge < -0.3 is 15.5 Å². The van der Waals surface area contributed by atoms with Crippen LogP contribution >= 0.6 is 0 Å².